The summed E-state index contributed by atoms with van der Waals surface area (Å²) < 4.78 is 14.4. The number of benzene rings is 2. The minimum absolute atomic E-state index is 0.0335. The summed E-state index contributed by atoms with van der Waals surface area (Å²) in [6.45, 7) is 0.602. The van der Waals surface area contributed by atoms with Gasteiger partial charge in [-0.15, -0.1) is 0 Å². The van der Waals surface area contributed by atoms with Crippen LogP contribution in [0, 0.1) is 11.7 Å². The van der Waals surface area contributed by atoms with Crippen molar-refractivity contribution in [3.05, 3.63) is 71.0 Å². The number of likely N-dealkylation sites (tertiary alicyclic amines) is 1. The van der Waals surface area contributed by atoms with Crippen molar-refractivity contribution in [1.82, 2.24) is 4.90 Å². The number of amides is 1. The second-order valence-corrected chi connectivity index (χ2v) is 8.99. The van der Waals surface area contributed by atoms with E-state index in [0.717, 1.165) is 30.5 Å². The van der Waals surface area contributed by atoms with Crippen LogP contribution in [0.2, 0.25) is 0 Å². The fourth-order valence-corrected chi connectivity index (χ4v) is 5.77. The molecule has 4 nitrogen and oxygen atoms in total. The third kappa shape index (κ3) is 3.35. The number of aliphatic hydroxyl groups is 1. The predicted molar refractivity (Wildman–Crippen MR) is 120 cm³/mol. The van der Waals surface area contributed by atoms with Gasteiger partial charge >= 0.3 is 0 Å². The molecule has 2 heterocycles. The lowest BCUT2D eigenvalue weighted by Gasteiger charge is -2.44. The normalized spacial score (nSPS) is 25.1. The largest absolute Gasteiger partial charge is 0.394 e. The van der Waals surface area contributed by atoms with Crippen molar-refractivity contribution in [2.75, 3.05) is 25.1 Å². The highest BCUT2D eigenvalue weighted by atomic mass is 19.1. The number of halogens is 1. The van der Waals surface area contributed by atoms with Crippen LogP contribution < -0.4 is 4.90 Å². The van der Waals surface area contributed by atoms with Gasteiger partial charge in [0.15, 0.2) is 0 Å². The molecule has 3 atom stereocenters. The topological polar surface area (TPSA) is 43.8 Å². The molecule has 162 valence electrons. The second-order valence-electron chi connectivity index (χ2n) is 8.99. The SMILES string of the molecule is CN1c2ccc(C3=CCCCC3)cc2[C@H]2[C@H](CCN2C(=O)c2ccccc2F)[C@@H]1CO. The molecule has 5 heteroatoms. The fourth-order valence-electron chi connectivity index (χ4n) is 5.77. The van der Waals surface area contributed by atoms with E-state index in [1.807, 2.05) is 11.9 Å². The first-order chi connectivity index (χ1) is 15.1. The summed E-state index contributed by atoms with van der Waals surface area (Å²) in [5, 5.41) is 10.2. The first-order valence-corrected chi connectivity index (χ1v) is 11.3. The molecule has 0 saturated carbocycles. The number of hydrogen-bond acceptors (Lipinski definition) is 3. The van der Waals surface area contributed by atoms with E-state index in [-0.39, 0.29) is 36.1 Å². The summed E-state index contributed by atoms with van der Waals surface area (Å²) in [4.78, 5) is 17.4. The van der Waals surface area contributed by atoms with E-state index < -0.39 is 5.82 Å². The first-order valence-electron chi connectivity index (χ1n) is 11.3. The van der Waals surface area contributed by atoms with Crippen molar-refractivity contribution in [1.29, 1.82) is 0 Å². The van der Waals surface area contributed by atoms with Gasteiger partial charge in [-0.25, -0.2) is 4.39 Å². The van der Waals surface area contributed by atoms with Gasteiger partial charge in [-0.05, 0) is 73.1 Å². The van der Waals surface area contributed by atoms with Crippen LogP contribution in [0.3, 0.4) is 0 Å². The lowest BCUT2D eigenvalue weighted by atomic mass is 9.80. The number of fused-ring (bicyclic) bond motifs is 3. The monoisotopic (exact) mass is 420 g/mol. The van der Waals surface area contributed by atoms with Crippen molar-refractivity contribution >= 4 is 17.2 Å². The summed E-state index contributed by atoms with van der Waals surface area (Å²) in [5.74, 6) is -0.627. The zero-order chi connectivity index (χ0) is 21.5. The lowest BCUT2D eigenvalue weighted by molar-refractivity contribution is 0.0689. The molecule has 1 amide bonds. The Morgan fingerprint density at radius 3 is 2.77 bits per heavy atom. The molecule has 2 aliphatic heterocycles. The van der Waals surface area contributed by atoms with Gasteiger partial charge in [0.1, 0.15) is 5.82 Å². The van der Waals surface area contributed by atoms with E-state index in [4.69, 9.17) is 0 Å². The molecule has 3 aliphatic rings. The van der Waals surface area contributed by atoms with Crippen LogP contribution in [0.5, 0.6) is 0 Å². The predicted octanol–water partition coefficient (Wildman–Crippen LogP) is 4.80. The van der Waals surface area contributed by atoms with Gasteiger partial charge in [0.2, 0.25) is 0 Å². The molecule has 1 saturated heterocycles. The van der Waals surface area contributed by atoms with Crippen LogP contribution in [0.4, 0.5) is 10.1 Å². The number of nitrogens with zero attached hydrogens (tertiary/aromatic N) is 2. The summed E-state index contributed by atoms with van der Waals surface area (Å²) >= 11 is 0. The summed E-state index contributed by atoms with van der Waals surface area (Å²) in [5.41, 5.74) is 4.88. The zero-order valence-electron chi connectivity index (χ0n) is 17.9. The highest BCUT2D eigenvalue weighted by molar-refractivity contribution is 5.95. The molecule has 1 aliphatic carbocycles. The van der Waals surface area contributed by atoms with Crippen LogP contribution in [0.1, 0.15) is 59.6 Å². The molecule has 0 spiro atoms. The number of allylic oxidation sites excluding steroid dienone is 2. The van der Waals surface area contributed by atoms with Crippen molar-refractivity contribution in [3.63, 3.8) is 0 Å². The van der Waals surface area contributed by atoms with Crippen LogP contribution >= 0.6 is 0 Å². The molecular weight excluding hydrogens is 391 g/mol. The molecule has 0 unspecified atom stereocenters. The minimum Gasteiger partial charge on any atom is -0.394 e. The summed E-state index contributed by atoms with van der Waals surface area (Å²) in [6.07, 6.45) is 7.78. The number of anilines is 1. The van der Waals surface area contributed by atoms with Gasteiger partial charge in [0.05, 0.1) is 24.3 Å². The van der Waals surface area contributed by atoms with E-state index in [1.54, 1.807) is 18.2 Å². The smallest absolute Gasteiger partial charge is 0.257 e. The standard InChI is InChI=1S/C26H29FN2O2/c1-28-23-12-11-18(17-7-3-2-4-8-17)15-21(23)25-20(24(28)16-30)13-14-29(25)26(31)19-9-5-6-10-22(19)27/h5-7,9-12,15,20,24-25,30H,2-4,8,13-14,16H2,1H3/t20-,24+,25-/m1/s1. The Morgan fingerprint density at radius 1 is 1.19 bits per heavy atom. The maximum atomic E-state index is 14.4. The van der Waals surface area contributed by atoms with Crippen LogP contribution in [-0.4, -0.2) is 42.2 Å². The Bertz CT molecular complexity index is 1030. The van der Waals surface area contributed by atoms with E-state index in [1.165, 1.54) is 30.0 Å². The van der Waals surface area contributed by atoms with Gasteiger partial charge in [0.25, 0.3) is 5.91 Å². The van der Waals surface area contributed by atoms with Crippen LogP contribution in [0.15, 0.2) is 48.5 Å². The Kier molecular flexibility index (Phi) is 5.30. The molecule has 0 aromatic heterocycles. The summed E-state index contributed by atoms with van der Waals surface area (Å²) in [7, 11) is 2.02. The van der Waals surface area contributed by atoms with Crippen molar-refractivity contribution < 1.29 is 14.3 Å². The Morgan fingerprint density at radius 2 is 2.03 bits per heavy atom. The molecule has 0 bridgehead atoms. The highest BCUT2D eigenvalue weighted by Gasteiger charge is 2.48. The van der Waals surface area contributed by atoms with Gasteiger partial charge in [0, 0.05) is 25.2 Å². The third-order valence-corrected chi connectivity index (χ3v) is 7.38. The zero-order valence-corrected chi connectivity index (χ0v) is 17.9. The van der Waals surface area contributed by atoms with Crippen LogP contribution in [0.25, 0.3) is 5.57 Å². The first kappa shape index (κ1) is 20.3. The lowest BCUT2D eigenvalue weighted by Crippen LogP contribution is -2.48. The Hall–Kier alpha value is -2.66. The van der Waals surface area contributed by atoms with Gasteiger partial charge in [-0.2, -0.15) is 0 Å². The van der Waals surface area contributed by atoms with Crippen molar-refractivity contribution in [2.45, 2.75) is 44.2 Å². The van der Waals surface area contributed by atoms with E-state index >= 15 is 0 Å². The molecule has 31 heavy (non-hydrogen) atoms. The average molecular weight is 421 g/mol. The third-order valence-electron chi connectivity index (χ3n) is 7.38. The molecule has 5 rings (SSSR count). The van der Waals surface area contributed by atoms with Gasteiger partial charge in [-0.3, -0.25) is 4.79 Å². The van der Waals surface area contributed by atoms with Crippen LogP contribution in [-0.2, 0) is 0 Å². The van der Waals surface area contributed by atoms with Gasteiger partial charge in [-0.1, -0.05) is 24.3 Å². The molecular formula is C26H29FN2O2. The van der Waals surface area contributed by atoms with Gasteiger partial charge < -0.3 is 14.9 Å². The maximum Gasteiger partial charge on any atom is 0.257 e. The van der Waals surface area contributed by atoms with E-state index in [9.17, 15) is 14.3 Å². The highest BCUT2D eigenvalue weighted by Crippen LogP contribution is 2.49. The molecule has 2 aromatic carbocycles. The molecule has 1 fully saturated rings. The Labute approximate surface area is 183 Å². The van der Waals surface area contributed by atoms with Crippen molar-refractivity contribution in [2.24, 2.45) is 5.92 Å². The number of likely N-dealkylation sites (N-methyl/N-ethyl adjacent to an activating group) is 1. The molecule has 0 radical (unpaired) electrons. The number of carbonyl (C=O) groups excluding carboxylic acids is 1. The number of hydrogen-bond donors (Lipinski definition) is 1. The van der Waals surface area contributed by atoms with E-state index in [2.05, 4.69) is 29.2 Å². The molecule has 1 N–H and O–H groups in total. The average Bonchev–Trinajstić information content (AvgIpc) is 3.25. The quantitative estimate of drug-likeness (QED) is 0.776. The minimum atomic E-state index is -0.482. The Balaban J connectivity index is 1.59. The number of aliphatic hydroxyl groups excluding tert-OH is 1. The second kappa shape index (κ2) is 8.12. The maximum absolute atomic E-state index is 14.4. The van der Waals surface area contributed by atoms with E-state index in [0.29, 0.717) is 6.54 Å². The number of rotatable bonds is 3. The molecule has 2 aromatic rings. The summed E-state index contributed by atoms with van der Waals surface area (Å²) in [6, 6.07) is 12.5. The fraction of sp³-hybridized carbons (Fsp3) is 0.423. The van der Waals surface area contributed by atoms with Crippen molar-refractivity contribution in [3.8, 4) is 0 Å². The number of carbonyl (C=O) groups is 1.